The molecule has 156 valence electrons. The number of aromatic nitrogens is 3. The monoisotopic (exact) mass is 415 g/mol. The molecular weight excluding hydrogens is 386 g/mol. The predicted molar refractivity (Wildman–Crippen MR) is 114 cm³/mol. The maximum atomic E-state index is 12.9. The van der Waals surface area contributed by atoms with Crippen LogP contribution in [-0.4, -0.2) is 51.6 Å². The molecule has 0 aromatic carbocycles. The van der Waals surface area contributed by atoms with Gasteiger partial charge in [-0.25, -0.2) is 4.98 Å². The van der Waals surface area contributed by atoms with Crippen LogP contribution >= 0.6 is 11.3 Å². The number of rotatable bonds is 2. The molecule has 29 heavy (non-hydrogen) atoms. The maximum absolute atomic E-state index is 12.9. The van der Waals surface area contributed by atoms with Crippen LogP contribution in [0.4, 0.5) is 5.13 Å². The normalized spacial score (nSPS) is 21.6. The summed E-state index contributed by atoms with van der Waals surface area (Å²) in [5.74, 6) is 1.20. The molecule has 5 rings (SSSR count). The summed E-state index contributed by atoms with van der Waals surface area (Å²) < 4.78 is 1.50. The SMILES string of the molecule is CC1CCN(C(=O)C2CCN(c3nn4c(=O)c5c(nc4s3)CCCC5)CC2)CC1. The van der Waals surface area contributed by atoms with Crippen LogP contribution in [-0.2, 0) is 17.6 Å². The summed E-state index contributed by atoms with van der Waals surface area (Å²) in [7, 11) is 0. The van der Waals surface area contributed by atoms with Gasteiger partial charge in [-0.05, 0) is 57.3 Å². The minimum absolute atomic E-state index is 0.0107. The number of amides is 1. The lowest BCUT2D eigenvalue weighted by Crippen LogP contribution is -2.45. The van der Waals surface area contributed by atoms with Crippen LogP contribution in [0.15, 0.2) is 4.79 Å². The Labute approximate surface area is 174 Å². The van der Waals surface area contributed by atoms with Crippen molar-refractivity contribution >= 4 is 27.3 Å². The van der Waals surface area contributed by atoms with Crippen LogP contribution in [0.3, 0.4) is 0 Å². The van der Waals surface area contributed by atoms with Crippen molar-refractivity contribution in [3.8, 4) is 0 Å². The molecule has 2 fully saturated rings. The van der Waals surface area contributed by atoms with E-state index in [0.29, 0.717) is 10.9 Å². The van der Waals surface area contributed by atoms with Gasteiger partial charge in [0.2, 0.25) is 16.0 Å². The highest BCUT2D eigenvalue weighted by Gasteiger charge is 2.31. The van der Waals surface area contributed by atoms with Gasteiger partial charge in [0.05, 0.1) is 5.69 Å². The number of nitrogens with zero attached hydrogens (tertiary/aromatic N) is 5. The fraction of sp³-hybridized carbons (Fsp3) is 0.714. The third-order valence-electron chi connectivity index (χ3n) is 6.88. The number of carbonyl (C=O) groups is 1. The number of hydrogen-bond acceptors (Lipinski definition) is 6. The van der Waals surface area contributed by atoms with Gasteiger partial charge in [0, 0.05) is 37.7 Å². The van der Waals surface area contributed by atoms with Gasteiger partial charge in [-0.3, -0.25) is 9.59 Å². The molecule has 0 N–H and O–H groups in total. The summed E-state index contributed by atoms with van der Waals surface area (Å²) in [6.45, 7) is 5.73. The van der Waals surface area contributed by atoms with Crippen molar-refractivity contribution in [1.29, 1.82) is 0 Å². The topological polar surface area (TPSA) is 70.8 Å². The molecule has 0 bridgehead atoms. The van der Waals surface area contributed by atoms with Gasteiger partial charge in [0.1, 0.15) is 0 Å². The molecule has 0 radical (unpaired) electrons. The second-order valence-electron chi connectivity index (χ2n) is 8.90. The van der Waals surface area contributed by atoms with Crippen LogP contribution in [0, 0.1) is 11.8 Å². The lowest BCUT2D eigenvalue weighted by molar-refractivity contribution is -0.137. The zero-order valence-corrected chi connectivity index (χ0v) is 17.9. The Bertz CT molecular complexity index is 967. The van der Waals surface area contributed by atoms with E-state index in [9.17, 15) is 9.59 Å². The van der Waals surface area contributed by atoms with Gasteiger partial charge >= 0.3 is 0 Å². The van der Waals surface area contributed by atoms with E-state index in [-0.39, 0.29) is 11.5 Å². The summed E-state index contributed by atoms with van der Waals surface area (Å²) in [4.78, 5) is 35.4. The molecule has 2 saturated heterocycles. The molecule has 7 nitrogen and oxygen atoms in total. The maximum Gasteiger partial charge on any atom is 0.278 e. The van der Waals surface area contributed by atoms with Crippen molar-refractivity contribution in [2.45, 2.75) is 58.3 Å². The predicted octanol–water partition coefficient (Wildman–Crippen LogP) is 2.50. The Kier molecular flexibility index (Phi) is 5.05. The first-order chi connectivity index (χ1) is 14.1. The van der Waals surface area contributed by atoms with Crippen LogP contribution < -0.4 is 10.5 Å². The summed E-state index contributed by atoms with van der Waals surface area (Å²) >= 11 is 1.50. The quantitative estimate of drug-likeness (QED) is 0.754. The Morgan fingerprint density at radius 2 is 1.76 bits per heavy atom. The van der Waals surface area contributed by atoms with Crippen molar-refractivity contribution in [2.75, 3.05) is 31.1 Å². The van der Waals surface area contributed by atoms with E-state index in [0.717, 1.165) is 99.9 Å². The minimum Gasteiger partial charge on any atom is -0.347 e. The lowest BCUT2D eigenvalue weighted by atomic mass is 9.93. The third kappa shape index (κ3) is 3.56. The molecule has 3 aliphatic rings. The Balaban J connectivity index is 1.28. The zero-order valence-electron chi connectivity index (χ0n) is 17.1. The van der Waals surface area contributed by atoms with Gasteiger partial charge in [0.25, 0.3) is 5.56 Å². The van der Waals surface area contributed by atoms with E-state index < -0.39 is 0 Å². The summed E-state index contributed by atoms with van der Waals surface area (Å²) in [5.41, 5.74) is 1.83. The first-order valence-corrected chi connectivity index (χ1v) is 11.9. The van der Waals surface area contributed by atoms with Gasteiger partial charge < -0.3 is 9.80 Å². The van der Waals surface area contributed by atoms with Crippen molar-refractivity contribution in [3.63, 3.8) is 0 Å². The number of hydrogen-bond donors (Lipinski definition) is 0. The molecule has 2 aliphatic heterocycles. The fourth-order valence-electron chi connectivity index (χ4n) is 4.90. The summed E-state index contributed by atoms with van der Waals surface area (Å²) in [6.07, 6.45) is 7.86. The molecular formula is C21H29N5O2S. The molecule has 0 unspecified atom stereocenters. The number of aryl methyl sites for hydroxylation is 1. The largest absolute Gasteiger partial charge is 0.347 e. The Morgan fingerprint density at radius 1 is 1.03 bits per heavy atom. The highest BCUT2D eigenvalue weighted by molar-refractivity contribution is 7.20. The first-order valence-electron chi connectivity index (χ1n) is 11.1. The van der Waals surface area contributed by atoms with Gasteiger partial charge in [0.15, 0.2) is 0 Å². The van der Waals surface area contributed by atoms with Crippen molar-refractivity contribution in [1.82, 2.24) is 19.5 Å². The van der Waals surface area contributed by atoms with E-state index in [4.69, 9.17) is 4.98 Å². The van der Waals surface area contributed by atoms with E-state index in [1.807, 2.05) is 0 Å². The lowest BCUT2D eigenvalue weighted by Gasteiger charge is -2.36. The Morgan fingerprint density at radius 3 is 2.52 bits per heavy atom. The molecule has 1 amide bonds. The number of fused-ring (bicyclic) bond motifs is 2. The average Bonchev–Trinajstić information content (AvgIpc) is 3.18. The van der Waals surface area contributed by atoms with Crippen LogP contribution in [0.1, 0.15) is 56.7 Å². The number of likely N-dealkylation sites (tertiary alicyclic amines) is 1. The molecule has 4 heterocycles. The van der Waals surface area contributed by atoms with Crippen LogP contribution in [0.2, 0.25) is 0 Å². The average molecular weight is 416 g/mol. The number of carbonyl (C=O) groups excluding carboxylic acids is 1. The molecule has 2 aromatic heterocycles. The zero-order chi connectivity index (χ0) is 20.0. The van der Waals surface area contributed by atoms with E-state index in [1.54, 1.807) is 0 Å². The fourth-order valence-corrected chi connectivity index (χ4v) is 5.86. The molecule has 1 aliphatic carbocycles. The smallest absolute Gasteiger partial charge is 0.278 e. The second kappa shape index (κ2) is 7.70. The molecule has 0 spiro atoms. The van der Waals surface area contributed by atoms with Crippen LogP contribution in [0.25, 0.3) is 4.96 Å². The second-order valence-corrected chi connectivity index (χ2v) is 9.83. The van der Waals surface area contributed by atoms with Gasteiger partial charge in [-0.2, -0.15) is 4.52 Å². The molecule has 2 aromatic rings. The van der Waals surface area contributed by atoms with Crippen molar-refractivity contribution in [3.05, 3.63) is 21.6 Å². The highest BCUT2D eigenvalue weighted by atomic mass is 32.1. The molecule has 0 atom stereocenters. The first kappa shape index (κ1) is 19.0. The highest BCUT2D eigenvalue weighted by Crippen LogP contribution is 2.29. The summed E-state index contributed by atoms with van der Waals surface area (Å²) in [6, 6.07) is 0. The van der Waals surface area contributed by atoms with Crippen molar-refractivity contribution in [2.24, 2.45) is 11.8 Å². The van der Waals surface area contributed by atoms with E-state index >= 15 is 0 Å². The van der Waals surface area contributed by atoms with Gasteiger partial charge in [-0.15, -0.1) is 5.10 Å². The summed E-state index contributed by atoms with van der Waals surface area (Å²) in [5, 5.41) is 5.46. The standard InChI is InChI=1S/C21H29N5O2S/c1-14-6-10-24(11-7-14)18(27)15-8-12-25(13-9-15)21-23-26-19(28)16-4-2-3-5-17(16)22-20(26)29-21/h14-15H,2-13H2,1H3. The third-order valence-corrected chi connectivity index (χ3v) is 7.85. The number of piperidine rings is 2. The number of anilines is 1. The van der Waals surface area contributed by atoms with E-state index in [2.05, 4.69) is 21.8 Å². The molecule has 8 heteroatoms. The van der Waals surface area contributed by atoms with Crippen molar-refractivity contribution < 1.29 is 4.79 Å². The van der Waals surface area contributed by atoms with Crippen LogP contribution in [0.5, 0.6) is 0 Å². The Hall–Kier alpha value is -1.96. The van der Waals surface area contributed by atoms with Gasteiger partial charge in [-0.1, -0.05) is 18.3 Å². The van der Waals surface area contributed by atoms with E-state index in [1.165, 1.54) is 15.9 Å². The minimum atomic E-state index is 0.0107. The molecule has 0 saturated carbocycles.